The average Bonchev–Trinajstić information content (AvgIpc) is 3.54. The molecule has 1 aromatic heterocycles. The van der Waals surface area contributed by atoms with Gasteiger partial charge in [-0.25, -0.2) is 4.79 Å². The molecule has 5 rings (SSSR count). The summed E-state index contributed by atoms with van der Waals surface area (Å²) in [6.45, 7) is 0.678. The van der Waals surface area contributed by atoms with Crippen LogP contribution in [-0.4, -0.2) is 63.8 Å². The van der Waals surface area contributed by atoms with E-state index in [9.17, 15) is 9.59 Å². The zero-order valence-corrected chi connectivity index (χ0v) is 23.3. The van der Waals surface area contributed by atoms with E-state index in [0.717, 1.165) is 33.3 Å². The van der Waals surface area contributed by atoms with Gasteiger partial charge in [-0.15, -0.1) is 0 Å². The normalized spacial score (nSPS) is 14.2. The van der Waals surface area contributed by atoms with Crippen molar-refractivity contribution in [2.45, 2.75) is 6.42 Å². The van der Waals surface area contributed by atoms with Gasteiger partial charge in [-0.2, -0.15) is 5.10 Å². The minimum Gasteiger partial charge on any atom is -0.496 e. The molecule has 40 heavy (non-hydrogen) atoms. The number of carbonyl (C=O) groups excluding carboxylic acids is 1. The third-order valence-corrected chi connectivity index (χ3v) is 7.72. The lowest BCUT2D eigenvalue weighted by Crippen LogP contribution is -2.29. The van der Waals surface area contributed by atoms with Gasteiger partial charge >= 0.3 is 5.97 Å². The lowest BCUT2D eigenvalue weighted by molar-refractivity contribution is -0.122. The Balaban J connectivity index is 1.26. The summed E-state index contributed by atoms with van der Waals surface area (Å²) in [7, 11) is 3.08. The second-order valence-electron chi connectivity index (χ2n) is 8.84. The van der Waals surface area contributed by atoms with Crippen molar-refractivity contribution < 1.29 is 28.9 Å². The molecule has 0 unspecified atom stereocenters. The van der Waals surface area contributed by atoms with Crippen molar-refractivity contribution in [3.05, 3.63) is 76.8 Å². The number of nitrogens with one attached hydrogen (secondary N) is 1. The van der Waals surface area contributed by atoms with Crippen LogP contribution in [0.1, 0.15) is 22.3 Å². The number of carbonyl (C=O) groups is 2. The van der Waals surface area contributed by atoms with Gasteiger partial charge in [0.15, 0.2) is 11.5 Å². The molecule has 11 heteroatoms. The van der Waals surface area contributed by atoms with Crippen molar-refractivity contribution in [1.82, 2.24) is 15.1 Å². The Morgan fingerprint density at radius 3 is 2.65 bits per heavy atom. The van der Waals surface area contributed by atoms with Gasteiger partial charge < -0.3 is 19.3 Å². The van der Waals surface area contributed by atoms with Gasteiger partial charge in [-0.05, 0) is 60.0 Å². The number of amides is 1. The van der Waals surface area contributed by atoms with Crippen LogP contribution in [0, 0.1) is 0 Å². The van der Waals surface area contributed by atoms with Gasteiger partial charge in [0.1, 0.15) is 10.1 Å². The fraction of sp³-hybridized carbons (Fsp3) is 0.172. The largest absolute Gasteiger partial charge is 0.496 e. The number of aromatic amines is 1. The van der Waals surface area contributed by atoms with Crippen molar-refractivity contribution in [2.75, 3.05) is 27.4 Å². The Bertz CT molecular complexity index is 1650. The summed E-state index contributed by atoms with van der Waals surface area (Å²) in [5.41, 5.74) is 3.74. The summed E-state index contributed by atoms with van der Waals surface area (Å²) in [6.07, 6.45) is 4.13. The Hall–Kier alpha value is -4.35. The smallest absolute Gasteiger partial charge is 0.335 e. The SMILES string of the molecule is COc1cc(C(=O)O)ccc1OCCCN1C(=O)/C(=C/c2ccc(OC)c(-c3ccc4cn[nH]c4c3)c2)SC1=S. The first-order chi connectivity index (χ1) is 19.4. The molecule has 0 radical (unpaired) electrons. The Kier molecular flexibility index (Phi) is 8.04. The lowest BCUT2D eigenvalue weighted by atomic mass is 10.0. The van der Waals surface area contributed by atoms with E-state index in [1.54, 1.807) is 24.3 Å². The molecule has 0 bridgehead atoms. The molecule has 204 valence electrons. The van der Waals surface area contributed by atoms with Gasteiger partial charge in [0, 0.05) is 17.5 Å². The zero-order valence-electron chi connectivity index (χ0n) is 21.7. The summed E-state index contributed by atoms with van der Waals surface area (Å²) in [4.78, 5) is 26.5. The monoisotopic (exact) mass is 575 g/mol. The number of aromatic carboxylic acids is 1. The van der Waals surface area contributed by atoms with Crippen molar-refractivity contribution in [3.8, 4) is 28.4 Å². The summed E-state index contributed by atoms with van der Waals surface area (Å²) in [6, 6.07) is 16.2. The third kappa shape index (κ3) is 5.65. The molecule has 1 aliphatic heterocycles. The number of fused-ring (bicyclic) bond motifs is 1. The number of rotatable bonds is 10. The molecular weight excluding hydrogens is 550 g/mol. The molecule has 0 spiro atoms. The van der Waals surface area contributed by atoms with Gasteiger partial charge in [0.05, 0.1) is 43.0 Å². The number of ether oxygens (including phenoxy) is 3. The quantitative estimate of drug-likeness (QED) is 0.141. The molecule has 3 aromatic carbocycles. The Morgan fingerprint density at radius 2 is 1.88 bits per heavy atom. The molecule has 0 saturated carbocycles. The number of hydrogen-bond donors (Lipinski definition) is 2. The average molecular weight is 576 g/mol. The van der Waals surface area contributed by atoms with Crippen LogP contribution in [0.25, 0.3) is 28.1 Å². The molecule has 9 nitrogen and oxygen atoms in total. The fourth-order valence-electron chi connectivity index (χ4n) is 4.31. The fourth-order valence-corrected chi connectivity index (χ4v) is 5.62. The highest BCUT2D eigenvalue weighted by Crippen LogP contribution is 2.36. The Morgan fingerprint density at radius 1 is 1.07 bits per heavy atom. The molecule has 1 amide bonds. The van der Waals surface area contributed by atoms with Crippen molar-refractivity contribution in [1.29, 1.82) is 0 Å². The van der Waals surface area contributed by atoms with Crippen LogP contribution >= 0.6 is 24.0 Å². The summed E-state index contributed by atoms with van der Waals surface area (Å²) >= 11 is 6.76. The zero-order chi connectivity index (χ0) is 28.2. The summed E-state index contributed by atoms with van der Waals surface area (Å²) in [5, 5.41) is 17.2. The van der Waals surface area contributed by atoms with E-state index < -0.39 is 5.97 Å². The molecular formula is C29H25N3O6S2. The van der Waals surface area contributed by atoms with E-state index in [0.29, 0.717) is 40.3 Å². The standard InChI is InChI=1S/C29H25N3O6S2/c1-36-23-8-4-17(12-21(23)18-5-6-20-16-30-31-22(20)14-18)13-26-27(33)32(29(39)40-26)10-3-11-38-24-9-7-19(28(34)35)15-25(24)37-2/h4-9,12-16H,3,10-11H2,1-2H3,(H,30,31)(H,34,35)/b26-13-. The first kappa shape index (κ1) is 27.2. The molecule has 4 aromatic rings. The molecule has 1 aliphatic rings. The minimum atomic E-state index is -1.05. The number of benzene rings is 3. The predicted octanol–water partition coefficient (Wildman–Crippen LogP) is 5.62. The molecule has 2 N–H and O–H groups in total. The number of nitrogens with zero attached hydrogens (tertiary/aromatic N) is 2. The molecule has 2 heterocycles. The van der Waals surface area contributed by atoms with E-state index in [2.05, 4.69) is 10.2 Å². The maximum Gasteiger partial charge on any atom is 0.335 e. The van der Waals surface area contributed by atoms with Crippen molar-refractivity contribution in [2.24, 2.45) is 0 Å². The summed E-state index contributed by atoms with van der Waals surface area (Å²) in [5.74, 6) is 0.276. The predicted molar refractivity (Wildman–Crippen MR) is 158 cm³/mol. The van der Waals surface area contributed by atoms with Gasteiger partial charge in [-0.3, -0.25) is 14.8 Å². The van der Waals surface area contributed by atoms with E-state index in [4.69, 9.17) is 31.5 Å². The van der Waals surface area contributed by atoms with Crippen molar-refractivity contribution in [3.63, 3.8) is 0 Å². The second-order valence-corrected chi connectivity index (χ2v) is 10.5. The number of aromatic nitrogens is 2. The highest BCUT2D eigenvalue weighted by atomic mass is 32.2. The van der Waals surface area contributed by atoms with E-state index >= 15 is 0 Å². The van der Waals surface area contributed by atoms with Crippen LogP contribution in [0.4, 0.5) is 0 Å². The van der Waals surface area contributed by atoms with Crippen molar-refractivity contribution >= 4 is 57.2 Å². The first-order valence-corrected chi connectivity index (χ1v) is 13.5. The van der Waals surface area contributed by atoms with Gasteiger partial charge in [0.2, 0.25) is 0 Å². The van der Waals surface area contributed by atoms with Crippen LogP contribution in [-0.2, 0) is 4.79 Å². The number of methoxy groups -OCH3 is 2. The lowest BCUT2D eigenvalue weighted by Gasteiger charge is -2.15. The number of hydrogen-bond acceptors (Lipinski definition) is 8. The second kappa shape index (κ2) is 11.8. The van der Waals surface area contributed by atoms with E-state index in [-0.39, 0.29) is 11.5 Å². The number of carboxylic acids is 1. The highest BCUT2D eigenvalue weighted by Gasteiger charge is 2.31. The van der Waals surface area contributed by atoms with Gasteiger partial charge in [0.25, 0.3) is 5.91 Å². The number of H-pyrrole nitrogens is 1. The van der Waals surface area contributed by atoms with Crippen LogP contribution in [0.3, 0.4) is 0 Å². The third-order valence-electron chi connectivity index (χ3n) is 6.34. The highest BCUT2D eigenvalue weighted by molar-refractivity contribution is 8.26. The molecule has 0 atom stereocenters. The first-order valence-electron chi connectivity index (χ1n) is 12.3. The topological polar surface area (TPSA) is 114 Å². The molecule has 1 saturated heterocycles. The number of carboxylic acid groups (broad SMARTS) is 1. The number of thiocarbonyl (C=S) groups is 1. The maximum absolute atomic E-state index is 13.2. The van der Waals surface area contributed by atoms with E-state index in [1.165, 1.54) is 31.0 Å². The maximum atomic E-state index is 13.2. The molecule has 1 fully saturated rings. The van der Waals surface area contributed by atoms with Gasteiger partial charge in [-0.1, -0.05) is 42.2 Å². The minimum absolute atomic E-state index is 0.108. The summed E-state index contributed by atoms with van der Waals surface area (Å²) < 4.78 is 17.1. The van der Waals surface area contributed by atoms with Crippen LogP contribution in [0.2, 0.25) is 0 Å². The van der Waals surface area contributed by atoms with E-state index in [1.807, 2.05) is 42.5 Å². The molecule has 0 aliphatic carbocycles. The van der Waals surface area contributed by atoms with Crippen LogP contribution in [0.5, 0.6) is 17.2 Å². The van der Waals surface area contributed by atoms with Crippen LogP contribution < -0.4 is 14.2 Å². The Labute approximate surface area is 239 Å². The van der Waals surface area contributed by atoms with Crippen LogP contribution in [0.15, 0.2) is 65.7 Å². The number of thioether (sulfide) groups is 1.